The summed E-state index contributed by atoms with van der Waals surface area (Å²) in [5.41, 5.74) is 8.29. The van der Waals surface area contributed by atoms with Crippen LogP contribution in [0.4, 0.5) is 5.82 Å². The van der Waals surface area contributed by atoms with Gasteiger partial charge in [-0.15, -0.1) is 0 Å². The highest BCUT2D eigenvalue weighted by atomic mass is 35.5. The summed E-state index contributed by atoms with van der Waals surface area (Å²) in [6, 6.07) is 8.28. The summed E-state index contributed by atoms with van der Waals surface area (Å²) in [4.78, 5) is 0. The first-order chi connectivity index (χ1) is 7.61. The Hall–Kier alpha value is -1.48. The Morgan fingerprint density at radius 3 is 2.62 bits per heavy atom. The Morgan fingerprint density at radius 1 is 1.38 bits per heavy atom. The number of anilines is 1. The average Bonchev–Trinajstić information content (AvgIpc) is 2.60. The fourth-order valence-electron chi connectivity index (χ4n) is 1.85. The molecule has 84 valence electrons. The number of aromatic nitrogens is 2. The lowest BCUT2D eigenvalue weighted by Crippen LogP contribution is -2.12. The van der Waals surface area contributed by atoms with E-state index in [-0.39, 0.29) is 6.04 Å². The van der Waals surface area contributed by atoms with Crippen molar-refractivity contribution in [1.29, 1.82) is 0 Å². The zero-order valence-corrected chi connectivity index (χ0v) is 10.1. The monoisotopic (exact) mass is 235 g/mol. The molecule has 1 aromatic heterocycles. The molecule has 1 atom stereocenters. The molecule has 0 amide bonds. The molecule has 0 saturated carbocycles. The summed E-state index contributed by atoms with van der Waals surface area (Å²) in [6.45, 7) is 4.13. The van der Waals surface area contributed by atoms with Gasteiger partial charge in [-0.05, 0) is 25.0 Å². The van der Waals surface area contributed by atoms with E-state index in [0.717, 1.165) is 0 Å². The van der Waals surface area contributed by atoms with Gasteiger partial charge in [-0.2, -0.15) is 5.10 Å². The summed E-state index contributed by atoms with van der Waals surface area (Å²) in [5, 5.41) is 4.69. The van der Waals surface area contributed by atoms with E-state index in [4.69, 9.17) is 17.3 Å². The van der Waals surface area contributed by atoms with Crippen LogP contribution in [-0.2, 0) is 0 Å². The molecule has 0 fully saturated rings. The second-order valence-electron chi connectivity index (χ2n) is 3.85. The first-order valence-corrected chi connectivity index (χ1v) is 5.53. The van der Waals surface area contributed by atoms with E-state index < -0.39 is 0 Å². The molecule has 2 rings (SSSR count). The van der Waals surface area contributed by atoms with Crippen molar-refractivity contribution in [2.24, 2.45) is 0 Å². The predicted molar refractivity (Wildman–Crippen MR) is 66.6 cm³/mol. The molecule has 0 aliphatic heterocycles. The average molecular weight is 236 g/mol. The van der Waals surface area contributed by atoms with Crippen molar-refractivity contribution in [2.45, 2.75) is 19.9 Å². The Bertz CT molecular complexity index is 505. The SMILES string of the molecule is Cc1ccccc1C(C)n1ncc(Cl)c1N. The van der Waals surface area contributed by atoms with Gasteiger partial charge in [0, 0.05) is 0 Å². The third-order valence-electron chi connectivity index (χ3n) is 2.79. The fraction of sp³-hybridized carbons (Fsp3) is 0.250. The molecule has 16 heavy (non-hydrogen) atoms. The summed E-state index contributed by atoms with van der Waals surface area (Å²) in [6.07, 6.45) is 1.58. The van der Waals surface area contributed by atoms with E-state index in [1.807, 2.05) is 12.1 Å². The molecule has 3 nitrogen and oxygen atoms in total. The van der Waals surface area contributed by atoms with Crippen molar-refractivity contribution in [1.82, 2.24) is 9.78 Å². The van der Waals surface area contributed by atoms with Crippen molar-refractivity contribution in [3.63, 3.8) is 0 Å². The number of benzene rings is 1. The fourth-order valence-corrected chi connectivity index (χ4v) is 1.98. The molecule has 1 aromatic carbocycles. The maximum atomic E-state index is 5.89. The molecule has 4 heteroatoms. The highest BCUT2D eigenvalue weighted by Gasteiger charge is 2.14. The number of rotatable bonds is 2. The molecule has 0 spiro atoms. The molecule has 0 radical (unpaired) electrons. The summed E-state index contributed by atoms with van der Waals surface area (Å²) >= 11 is 5.89. The summed E-state index contributed by atoms with van der Waals surface area (Å²) < 4.78 is 1.74. The van der Waals surface area contributed by atoms with Gasteiger partial charge < -0.3 is 5.73 Å². The van der Waals surface area contributed by atoms with Gasteiger partial charge in [0.1, 0.15) is 10.8 Å². The highest BCUT2D eigenvalue weighted by molar-refractivity contribution is 6.32. The van der Waals surface area contributed by atoms with Gasteiger partial charge in [-0.1, -0.05) is 35.9 Å². The topological polar surface area (TPSA) is 43.8 Å². The molecule has 0 aliphatic carbocycles. The molecule has 1 heterocycles. The van der Waals surface area contributed by atoms with Crippen LogP contribution in [-0.4, -0.2) is 9.78 Å². The largest absolute Gasteiger partial charge is 0.383 e. The van der Waals surface area contributed by atoms with E-state index in [9.17, 15) is 0 Å². The third kappa shape index (κ3) is 1.78. The van der Waals surface area contributed by atoms with Crippen LogP contribution in [0.25, 0.3) is 0 Å². The van der Waals surface area contributed by atoms with Crippen molar-refractivity contribution < 1.29 is 0 Å². The van der Waals surface area contributed by atoms with E-state index in [2.05, 4.69) is 31.1 Å². The minimum atomic E-state index is 0.0914. The highest BCUT2D eigenvalue weighted by Crippen LogP contribution is 2.26. The standard InChI is InChI=1S/C12H14ClN3/c1-8-5-3-4-6-10(8)9(2)16-12(14)11(13)7-15-16/h3-7,9H,14H2,1-2H3. The minimum absolute atomic E-state index is 0.0914. The van der Waals surface area contributed by atoms with E-state index in [1.54, 1.807) is 10.9 Å². The summed E-state index contributed by atoms with van der Waals surface area (Å²) in [7, 11) is 0. The van der Waals surface area contributed by atoms with Gasteiger partial charge in [-0.25, -0.2) is 4.68 Å². The van der Waals surface area contributed by atoms with Crippen molar-refractivity contribution in [3.8, 4) is 0 Å². The number of hydrogen-bond donors (Lipinski definition) is 1. The number of nitrogens with two attached hydrogens (primary N) is 1. The van der Waals surface area contributed by atoms with E-state index in [0.29, 0.717) is 10.8 Å². The quantitative estimate of drug-likeness (QED) is 0.870. The Kier molecular flexibility index (Phi) is 2.88. The summed E-state index contributed by atoms with van der Waals surface area (Å²) in [5.74, 6) is 0.511. The zero-order valence-electron chi connectivity index (χ0n) is 9.31. The van der Waals surface area contributed by atoms with Crippen LogP contribution in [0.3, 0.4) is 0 Å². The normalized spacial score (nSPS) is 12.7. The van der Waals surface area contributed by atoms with Crippen LogP contribution in [0.15, 0.2) is 30.5 Å². The van der Waals surface area contributed by atoms with E-state index in [1.165, 1.54) is 11.1 Å². The second kappa shape index (κ2) is 4.18. The van der Waals surface area contributed by atoms with Crippen LogP contribution < -0.4 is 5.73 Å². The van der Waals surface area contributed by atoms with Crippen molar-refractivity contribution in [3.05, 3.63) is 46.6 Å². The first-order valence-electron chi connectivity index (χ1n) is 5.15. The lowest BCUT2D eigenvalue weighted by atomic mass is 10.0. The van der Waals surface area contributed by atoms with Gasteiger partial charge >= 0.3 is 0 Å². The smallest absolute Gasteiger partial charge is 0.141 e. The van der Waals surface area contributed by atoms with Gasteiger partial charge in [0.25, 0.3) is 0 Å². The first kappa shape index (κ1) is 11.0. The molecule has 0 saturated heterocycles. The maximum Gasteiger partial charge on any atom is 0.141 e. The Morgan fingerprint density at radius 2 is 2.06 bits per heavy atom. The molecule has 1 unspecified atom stereocenters. The van der Waals surface area contributed by atoms with Crippen LogP contribution in [0.5, 0.6) is 0 Å². The van der Waals surface area contributed by atoms with Crippen LogP contribution in [0, 0.1) is 6.92 Å². The predicted octanol–water partition coefficient (Wildman–Crippen LogP) is 3.04. The van der Waals surface area contributed by atoms with Gasteiger partial charge in [0.2, 0.25) is 0 Å². The van der Waals surface area contributed by atoms with Gasteiger partial charge in [0.05, 0.1) is 12.2 Å². The number of nitrogens with zero attached hydrogens (tertiary/aromatic N) is 2. The van der Waals surface area contributed by atoms with Crippen molar-refractivity contribution in [2.75, 3.05) is 5.73 Å². The van der Waals surface area contributed by atoms with Crippen LogP contribution in [0.1, 0.15) is 24.1 Å². The Labute approximate surface area is 99.8 Å². The number of aryl methyl sites for hydroxylation is 1. The number of hydrogen-bond acceptors (Lipinski definition) is 2. The number of nitrogen functional groups attached to an aromatic ring is 1. The molecular formula is C12H14ClN3. The molecule has 0 aliphatic rings. The molecule has 2 N–H and O–H groups in total. The Balaban J connectivity index is 2.43. The third-order valence-corrected chi connectivity index (χ3v) is 3.08. The lowest BCUT2D eigenvalue weighted by molar-refractivity contribution is 0.570. The minimum Gasteiger partial charge on any atom is -0.383 e. The molecule has 2 aromatic rings. The van der Waals surface area contributed by atoms with Crippen molar-refractivity contribution >= 4 is 17.4 Å². The molecule has 0 bridgehead atoms. The van der Waals surface area contributed by atoms with Gasteiger partial charge in [0.15, 0.2) is 0 Å². The maximum absolute atomic E-state index is 5.89. The molecular weight excluding hydrogens is 222 g/mol. The van der Waals surface area contributed by atoms with E-state index >= 15 is 0 Å². The second-order valence-corrected chi connectivity index (χ2v) is 4.26. The van der Waals surface area contributed by atoms with Crippen LogP contribution >= 0.6 is 11.6 Å². The van der Waals surface area contributed by atoms with Gasteiger partial charge in [-0.3, -0.25) is 0 Å². The lowest BCUT2D eigenvalue weighted by Gasteiger charge is -2.16. The number of halogens is 1. The van der Waals surface area contributed by atoms with Crippen LogP contribution in [0.2, 0.25) is 5.02 Å². The zero-order chi connectivity index (χ0) is 11.7.